The number of imidazole rings is 1. The summed E-state index contributed by atoms with van der Waals surface area (Å²) in [5.41, 5.74) is 0.671. The number of methoxy groups -OCH3 is 1. The quantitative estimate of drug-likeness (QED) is 0.388. The average molecular weight is 450 g/mol. The number of ether oxygens (including phenoxy) is 1. The molecule has 1 atom stereocenters. The van der Waals surface area contributed by atoms with Crippen LogP contribution in [0, 0.1) is 0 Å². The minimum atomic E-state index is -1.19. The van der Waals surface area contributed by atoms with Gasteiger partial charge in [0.25, 0.3) is 5.91 Å². The van der Waals surface area contributed by atoms with E-state index in [2.05, 4.69) is 20.0 Å². The minimum Gasteiger partial charge on any atom is -0.493 e. The molecule has 0 unspecified atom stereocenters. The third-order valence-corrected chi connectivity index (χ3v) is 5.47. The Morgan fingerprint density at radius 2 is 1.78 bits per heavy atom. The molecule has 0 bridgehead atoms. The lowest BCUT2D eigenvalue weighted by Gasteiger charge is -2.18. The molecule has 162 valence electrons. The molecule has 0 aliphatic carbocycles. The highest BCUT2D eigenvalue weighted by molar-refractivity contribution is 7.14. The molecule has 2 aromatic heterocycles. The Bertz CT molecular complexity index is 1310. The number of carbonyl (C=O) groups excluding carboxylic acids is 2. The van der Waals surface area contributed by atoms with Crippen molar-refractivity contribution in [3.05, 3.63) is 87.8 Å². The van der Waals surface area contributed by atoms with Crippen LogP contribution in [0.5, 0.6) is 5.88 Å². The fourth-order valence-corrected chi connectivity index (χ4v) is 3.92. The van der Waals surface area contributed by atoms with Gasteiger partial charge in [0.15, 0.2) is 10.8 Å². The smallest absolute Gasteiger partial charge is 0.357 e. The largest absolute Gasteiger partial charge is 0.493 e. The molecular weight excluding hydrogens is 432 g/mol. The predicted octanol–water partition coefficient (Wildman–Crippen LogP) is 3.02. The minimum absolute atomic E-state index is 0.0529. The number of H-pyrrole nitrogens is 1. The van der Waals surface area contributed by atoms with Gasteiger partial charge in [-0.1, -0.05) is 60.7 Å². The van der Waals surface area contributed by atoms with Crippen molar-refractivity contribution in [3.63, 3.8) is 0 Å². The van der Waals surface area contributed by atoms with E-state index >= 15 is 0 Å². The zero-order valence-electron chi connectivity index (χ0n) is 16.8. The molecule has 2 heterocycles. The summed E-state index contributed by atoms with van der Waals surface area (Å²) in [4.78, 5) is 44.4. The van der Waals surface area contributed by atoms with E-state index in [0.29, 0.717) is 11.1 Å². The van der Waals surface area contributed by atoms with Crippen molar-refractivity contribution in [2.24, 2.45) is 0 Å². The monoisotopic (exact) mass is 450 g/mol. The number of hydrogen-bond acceptors (Lipinski definition) is 7. The summed E-state index contributed by atoms with van der Waals surface area (Å²) in [6, 6.07) is 16.2. The van der Waals surface area contributed by atoms with Crippen LogP contribution in [0.2, 0.25) is 0 Å². The van der Waals surface area contributed by atoms with Crippen LogP contribution in [0.25, 0.3) is 11.3 Å². The molecule has 2 aromatic carbocycles. The number of anilines is 1. The molecule has 0 fully saturated rings. The third-order valence-electron chi connectivity index (χ3n) is 4.72. The molecule has 0 saturated carbocycles. The Morgan fingerprint density at radius 3 is 2.44 bits per heavy atom. The van der Waals surface area contributed by atoms with Gasteiger partial charge in [-0.25, -0.2) is 19.1 Å². The summed E-state index contributed by atoms with van der Waals surface area (Å²) in [6.45, 7) is 0. The summed E-state index contributed by atoms with van der Waals surface area (Å²) in [5, 5.41) is 15.1. The fraction of sp³-hybridized carbons (Fsp3) is 0.0909. The number of amides is 1. The molecule has 32 heavy (non-hydrogen) atoms. The van der Waals surface area contributed by atoms with Crippen molar-refractivity contribution in [2.75, 3.05) is 12.4 Å². The van der Waals surface area contributed by atoms with Gasteiger partial charge >= 0.3 is 11.7 Å². The first-order chi connectivity index (χ1) is 15.5. The highest BCUT2D eigenvalue weighted by atomic mass is 32.1. The summed E-state index contributed by atoms with van der Waals surface area (Å²) in [6.07, 6.45) is 0. The first-order valence-corrected chi connectivity index (χ1v) is 10.4. The van der Waals surface area contributed by atoms with Gasteiger partial charge in [-0.05, 0) is 5.56 Å². The molecule has 4 aromatic rings. The van der Waals surface area contributed by atoms with Gasteiger partial charge in [0.1, 0.15) is 11.7 Å². The van der Waals surface area contributed by atoms with Crippen molar-refractivity contribution >= 4 is 28.3 Å². The highest BCUT2D eigenvalue weighted by Crippen LogP contribution is 2.31. The van der Waals surface area contributed by atoms with E-state index in [-0.39, 0.29) is 22.4 Å². The summed E-state index contributed by atoms with van der Waals surface area (Å²) >= 11 is 1.04. The number of rotatable bonds is 6. The fourth-order valence-electron chi connectivity index (χ4n) is 3.24. The molecular formula is C22H18N4O5S. The van der Waals surface area contributed by atoms with Crippen molar-refractivity contribution < 1.29 is 19.4 Å². The Hall–Kier alpha value is -4.18. The lowest BCUT2D eigenvalue weighted by molar-refractivity contribution is -0.118. The van der Waals surface area contributed by atoms with E-state index in [1.54, 1.807) is 54.6 Å². The van der Waals surface area contributed by atoms with E-state index in [1.165, 1.54) is 12.5 Å². The van der Waals surface area contributed by atoms with E-state index in [1.807, 2.05) is 6.07 Å². The van der Waals surface area contributed by atoms with Gasteiger partial charge in [-0.15, -0.1) is 11.3 Å². The van der Waals surface area contributed by atoms with Crippen LogP contribution in [0.3, 0.4) is 0 Å². The first kappa shape index (κ1) is 21.1. The lowest BCUT2D eigenvalue weighted by Crippen LogP contribution is -2.32. The molecule has 0 radical (unpaired) electrons. The average Bonchev–Trinajstić information content (AvgIpc) is 3.40. The molecule has 0 spiro atoms. The van der Waals surface area contributed by atoms with Gasteiger partial charge in [0.2, 0.25) is 5.88 Å². The van der Waals surface area contributed by atoms with Crippen molar-refractivity contribution in [1.29, 1.82) is 0 Å². The number of nitrogens with one attached hydrogen (secondary N) is 2. The second-order valence-corrected chi connectivity index (χ2v) is 7.55. The Labute approximate surface area is 186 Å². The number of aromatic hydroxyl groups is 1. The van der Waals surface area contributed by atoms with Crippen molar-refractivity contribution in [1.82, 2.24) is 14.5 Å². The predicted molar refractivity (Wildman–Crippen MR) is 119 cm³/mol. The second kappa shape index (κ2) is 8.90. The first-order valence-electron chi connectivity index (χ1n) is 9.48. The van der Waals surface area contributed by atoms with Crippen molar-refractivity contribution in [3.8, 4) is 17.1 Å². The summed E-state index contributed by atoms with van der Waals surface area (Å²) < 4.78 is 5.61. The van der Waals surface area contributed by atoms with E-state index in [9.17, 15) is 19.5 Å². The van der Waals surface area contributed by atoms with Crippen LogP contribution in [0.15, 0.2) is 70.8 Å². The van der Waals surface area contributed by atoms with Crippen LogP contribution in [0.4, 0.5) is 5.13 Å². The van der Waals surface area contributed by atoms with E-state index in [4.69, 9.17) is 0 Å². The maximum atomic E-state index is 13.3. The van der Waals surface area contributed by atoms with Crippen LogP contribution >= 0.6 is 11.3 Å². The molecule has 10 heteroatoms. The number of aromatic amines is 1. The molecule has 9 nitrogen and oxygen atoms in total. The lowest BCUT2D eigenvalue weighted by atomic mass is 10.1. The molecule has 1 amide bonds. The van der Waals surface area contributed by atoms with E-state index < -0.39 is 23.6 Å². The van der Waals surface area contributed by atoms with Gasteiger partial charge in [0.05, 0.1) is 7.11 Å². The molecule has 0 aliphatic rings. The maximum Gasteiger partial charge on any atom is 0.357 e. The normalized spacial score (nSPS) is 11.7. The number of thiazole rings is 1. The Morgan fingerprint density at radius 1 is 1.12 bits per heavy atom. The van der Waals surface area contributed by atoms with Gasteiger partial charge < -0.3 is 14.8 Å². The van der Waals surface area contributed by atoms with Crippen LogP contribution in [-0.2, 0) is 9.53 Å². The zero-order chi connectivity index (χ0) is 22.7. The SMILES string of the molecule is COC(=O)c1csc(NC(=O)[C@H](c2ccccc2)n2c(O)c(-c3ccccc3)[nH]c2=O)n1. The van der Waals surface area contributed by atoms with Crippen LogP contribution < -0.4 is 11.0 Å². The molecule has 0 aliphatic heterocycles. The number of carbonyl (C=O) groups is 2. The van der Waals surface area contributed by atoms with Crippen LogP contribution in [0.1, 0.15) is 22.1 Å². The summed E-state index contributed by atoms with van der Waals surface area (Å²) in [7, 11) is 1.23. The topological polar surface area (TPSA) is 126 Å². The van der Waals surface area contributed by atoms with Gasteiger partial charge in [-0.2, -0.15) is 0 Å². The number of benzene rings is 2. The zero-order valence-corrected chi connectivity index (χ0v) is 17.6. The van der Waals surface area contributed by atoms with Crippen molar-refractivity contribution in [2.45, 2.75) is 6.04 Å². The molecule has 4 rings (SSSR count). The molecule has 3 N–H and O–H groups in total. The number of nitrogens with zero attached hydrogens (tertiary/aromatic N) is 2. The standard InChI is InChI=1S/C22H18N4O5S/c1-31-20(29)15-12-32-21(23-15)25-18(27)17(14-10-6-3-7-11-14)26-19(28)16(24-22(26)30)13-8-4-2-5-9-13/h2-12,17,28H,1H3,(H,24,30)(H,23,25,27)/t17-/m0/s1. The summed E-state index contributed by atoms with van der Waals surface area (Å²) in [5.74, 6) is -1.62. The number of esters is 1. The third kappa shape index (κ3) is 4.03. The van der Waals surface area contributed by atoms with Gasteiger partial charge in [0, 0.05) is 10.9 Å². The van der Waals surface area contributed by atoms with Gasteiger partial charge in [-0.3, -0.25) is 10.1 Å². The molecule has 0 saturated heterocycles. The highest BCUT2D eigenvalue weighted by Gasteiger charge is 2.30. The number of hydrogen-bond donors (Lipinski definition) is 3. The van der Waals surface area contributed by atoms with E-state index in [0.717, 1.165) is 15.9 Å². The number of aromatic nitrogens is 3. The Kier molecular flexibility index (Phi) is 5.86. The maximum absolute atomic E-state index is 13.3. The second-order valence-electron chi connectivity index (χ2n) is 6.70. The Balaban J connectivity index is 1.75. The van der Waals surface area contributed by atoms with Crippen LogP contribution in [-0.4, -0.2) is 38.6 Å².